The third kappa shape index (κ3) is 3.53. The normalized spacial score (nSPS) is 16.2. The minimum atomic E-state index is -0.549. The van der Waals surface area contributed by atoms with E-state index in [1.165, 1.54) is 6.07 Å². The van der Waals surface area contributed by atoms with Gasteiger partial charge in [0, 0.05) is 37.3 Å². The second kappa shape index (κ2) is 7.12. The smallest absolute Gasteiger partial charge is 0.252 e. The van der Waals surface area contributed by atoms with Crippen LogP contribution in [0.1, 0.15) is 22.3 Å². The quantitative estimate of drug-likeness (QED) is 0.795. The fourth-order valence-electron chi connectivity index (χ4n) is 2.81. The van der Waals surface area contributed by atoms with Crippen molar-refractivity contribution in [1.29, 1.82) is 0 Å². The second-order valence-electron chi connectivity index (χ2n) is 5.76. The van der Waals surface area contributed by atoms with E-state index in [9.17, 15) is 14.4 Å². The molecule has 1 aliphatic heterocycles. The molecule has 0 saturated carbocycles. The van der Waals surface area contributed by atoms with Gasteiger partial charge in [-0.1, -0.05) is 24.3 Å². The number of fused-ring (bicyclic) bond motifs is 1. The standard InChI is InChI=1S/C18H19N3O3/c22-16-8-3-4-10-21(16)11-5-9-19-18(24)15-12-13-6-1-2-7-14(13)17(23)20-15/h1-4,6-8,10,15H,5,9,11-12H2,(H,19,24)(H,20,23). The lowest BCUT2D eigenvalue weighted by Crippen LogP contribution is -2.51. The molecule has 2 N–H and O–H groups in total. The maximum Gasteiger partial charge on any atom is 0.252 e. The Bertz CT molecular complexity index is 813. The number of amides is 2. The van der Waals surface area contributed by atoms with Crippen LogP contribution in [0.25, 0.3) is 0 Å². The molecular formula is C18H19N3O3. The van der Waals surface area contributed by atoms with E-state index in [1.807, 2.05) is 18.2 Å². The van der Waals surface area contributed by atoms with Crippen LogP contribution in [0, 0.1) is 0 Å². The Hall–Kier alpha value is -2.89. The molecule has 2 amide bonds. The summed E-state index contributed by atoms with van der Waals surface area (Å²) in [5.41, 5.74) is 1.46. The number of nitrogens with one attached hydrogen (secondary N) is 2. The third-order valence-corrected chi connectivity index (χ3v) is 4.08. The van der Waals surface area contributed by atoms with E-state index in [1.54, 1.807) is 29.0 Å². The number of nitrogens with zero attached hydrogens (tertiary/aromatic N) is 1. The maximum absolute atomic E-state index is 12.2. The van der Waals surface area contributed by atoms with Crippen LogP contribution in [0.5, 0.6) is 0 Å². The number of hydrogen-bond donors (Lipinski definition) is 2. The van der Waals surface area contributed by atoms with Gasteiger partial charge in [0.05, 0.1) is 0 Å². The number of benzene rings is 1. The first-order valence-electron chi connectivity index (χ1n) is 7.97. The van der Waals surface area contributed by atoms with Crippen molar-refractivity contribution in [3.8, 4) is 0 Å². The summed E-state index contributed by atoms with van der Waals surface area (Å²) in [5.74, 6) is -0.411. The minimum absolute atomic E-state index is 0.0556. The molecule has 6 nitrogen and oxygen atoms in total. The summed E-state index contributed by atoms with van der Waals surface area (Å²) < 4.78 is 1.60. The average Bonchev–Trinajstić information content (AvgIpc) is 2.60. The van der Waals surface area contributed by atoms with Gasteiger partial charge in [0.1, 0.15) is 6.04 Å². The van der Waals surface area contributed by atoms with Crippen molar-refractivity contribution in [2.75, 3.05) is 6.54 Å². The highest BCUT2D eigenvalue weighted by atomic mass is 16.2. The third-order valence-electron chi connectivity index (χ3n) is 4.08. The van der Waals surface area contributed by atoms with Gasteiger partial charge in [0.25, 0.3) is 5.91 Å². The van der Waals surface area contributed by atoms with Crippen LogP contribution < -0.4 is 16.2 Å². The molecule has 0 bridgehead atoms. The van der Waals surface area contributed by atoms with Crippen LogP contribution >= 0.6 is 0 Å². The van der Waals surface area contributed by atoms with Gasteiger partial charge in [0.15, 0.2) is 0 Å². The molecule has 124 valence electrons. The number of carbonyl (C=O) groups excluding carboxylic acids is 2. The molecule has 0 saturated heterocycles. The number of rotatable bonds is 5. The van der Waals surface area contributed by atoms with Crippen LogP contribution in [0.2, 0.25) is 0 Å². The molecule has 2 aromatic rings. The fourth-order valence-corrected chi connectivity index (χ4v) is 2.81. The Labute approximate surface area is 139 Å². The zero-order valence-electron chi connectivity index (χ0n) is 13.2. The lowest BCUT2D eigenvalue weighted by Gasteiger charge is -2.24. The summed E-state index contributed by atoms with van der Waals surface area (Å²) in [6, 6.07) is 11.8. The molecule has 6 heteroatoms. The van der Waals surface area contributed by atoms with E-state index < -0.39 is 6.04 Å². The van der Waals surface area contributed by atoms with E-state index in [0.29, 0.717) is 31.5 Å². The van der Waals surface area contributed by atoms with Crippen LogP contribution in [-0.4, -0.2) is 29.0 Å². The molecule has 3 rings (SSSR count). The predicted octanol–water partition coefficient (Wildman–Crippen LogP) is 0.709. The van der Waals surface area contributed by atoms with E-state index in [-0.39, 0.29) is 17.4 Å². The Morgan fingerprint density at radius 1 is 1.17 bits per heavy atom. The Balaban J connectivity index is 1.50. The largest absolute Gasteiger partial charge is 0.354 e. The Kier molecular flexibility index (Phi) is 4.74. The van der Waals surface area contributed by atoms with Crippen LogP contribution in [0.3, 0.4) is 0 Å². The topological polar surface area (TPSA) is 80.2 Å². The van der Waals surface area contributed by atoms with Gasteiger partial charge < -0.3 is 15.2 Å². The number of hydrogen-bond acceptors (Lipinski definition) is 3. The first-order valence-corrected chi connectivity index (χ1v) is 7.97. The molecule has 0 spiro atoms. The molecule has 1 aliphatic rings. The van der Waals surface area contributed by atoms with E-state index in [0.717, 1.165) is 5.56 Å². The van der Waals surface area contributed by atoms with Gasteiger partial charge in [-0.2, -0.15) is 0 Å². The van der Waals surface area contributed by atoms with Crippen molar-refractivity contribution in [3.63, 3.8) is 0 Å². The predicted molar refractivity (Wildman–Crippen MR) is 89.7 cm³/mol. The molecule has 0 aliphatic carbocycles. The molecule has 1 atom stereocenters. The maximum atomic E-state index is 12.2. The summed E-state index contributed by atoms with van der Waals surface area (Å²) in [5, 5.41) is 5.56. The lowest BCUT2D eigenvalue weighted by atomic mass is 9.95. The number of carbonyl (C=O) groups is 2. The molecule has 24 heavy (non-hydrogen) atoms. The molecule has 0 radical (unpaired) electrons. The summed E-state index contributed by atoms with van der Waals surface area (Å²) in [7, 11) is 0. The Morgan fingerprint density at radius 3 is 2.79 bits per heavy atom. The van der Waals surface area contributed by atoms with Crippen LogP contribution in [0.15, 0.2) is 53.5 Å². The number of aryl methyl sites for hydroxylation is 1. The zero-order valence-corrected chi connectivity index (χ0v) is 13.2. The fraction of sp³-hybridized carbons (Fsp3) is 0.278. The zero-order chi connectivity index (χ0) is 16.9. The van der Waals surface area contributed by atoms with Gasteiger partial charge in [0.2, 0.25) is 11.5 Å². The molecular weight excluding hydrogens is 306 g/mol. The van der Waals surface area contributed by atoms with Gasteiger partial charge in [-0.3, -0.25) is 14.4 Å². The number of pyridine rings is 1. The number of aromatic nitrogens is 1. The van der Waals surface area contributed by atoms with Crippen molar-refractivity contribution in [2.45, 2.75) is 25.4 Å². The average molecular weight is 325 g/mol. The molecule has 2 heterocycles. The SMILES string of the molecule is O=C1NC(C(=O)NCCCn2ccccc2=O)Cc2ccccc21. The first kappa shape index (κ1) is 16.0. The van der Waals surface area contributed by atoms with Crippen molar-refractivity contribution >= 4 is 11.8 Å². The summed E-state index contributed by atoms with van der Waals surface area (Å²) in [6.07, 6.45) is 2.86. The molecule has 1 aromatic carbocycles. The highest BCUT2D eigenvalue weighted by Gasteiger charge is 2.28. The van der Waals surface area contributed by atoms with Crippen LogP contribution in [0.4, 0.5) is 0 Å². The molecule has 1 aromatic heterocycles. The monoisotopic (exact) mass is 325 g/mol. The second-order valence-corrected chi connectivity index (χ2v) is 5.76. The first-order chi connectivity index (χ1) is 11.6. The van der Waals surface area contributed by atoms with Crippen molar-refractivity contribution in [3.05, 3.63) is 70.1 Å². The van der Waals surface area contributed by atoms with Gasteiger partial charge in [-0.05, 0) is 24.1 Å². The van der Waals surface area contributed by atoms with E-state index >= 15 is 0 Å². The van der Waals surface area contributed by atoms with Crippen molar-refractivity contribution in [1.82, 2.24) is 15.2 Å². The van der Waals surface area contributed by atoms with Crippen LogP contribution in [-0.2, 0) is 17.8 Å². The minimum Gasteiger partial charge on any atom is -0.354 e. The van der Waals surface area contributed by atoms with Crippen molar-refractivity contribution < 1.29 is 9.59 Å². The van der Waals surface area contributed by atoms with E-state index in [4.69, 9.17) is 0 Å². The molecule has 1 unspecified atom stereocenters. The van der Waals surface area contributed by atoms with Gasteiger partial charge in [-0.25, -0.2) is 0 Å². The highest BCUT2D eigenvalue weighted by Crippen LogP contribution is 2.16. The summed E-state index contributed by atoms with van der Waals surface area (Å²) in [6.45, 7) is 0.994. The van der Waals surface area contributed by atoms with E-state index in [2.05, 4.69) is 10.6 Å². The summed E-state index contributed by atoms with van der Waals surface area (Å²) in [4.78, 5) is 35.8. The van der Waals surface area contributed by atoms with Crippen molar-refractivity contribution in [2.24, 2.45) is 0 Å². The van der Waals surface area contributed by atoms with Gasteiger partial charge >= 0.3 is 0 Å². The molecule has 0 fully saturated rings. The van der Waals surface area contributed by atoms with Gasteiger partial charge in [-0.15, -0.1) is 0 Å². The highest BCUT2D eigenvalue weighted by molar-refractivity contribution is 6.00. The summed E-state index contributed by atoms with van der Waals surface area (Å²) >= 11 is 0. The Morgan fingerprint density at radius 2 is 1.96 bits per heavy atom. The lowest BCUT2D eigenvalue weighted by molar-refractivity contribution is -0.123.